The maximum atomic E-state index is 13.2. The molecule has 0 saturated heterocycles. The Morgan fingerprint density at radius 2 is 1.49 bits per heavy atom. The van der Waals surface area contributed by atoms with E-state index >= 15 is 0 Å². The predicted molar refractivity (Wildman–Crippen MR) is 167 cm³/mol. The van der Waals surface area contributed by atoms with E-state index in [4.69, 9.17) is 9.15 Å². The summed E-state index contributed by atoms with van der Waals surface area (Å²) in [5.74, 6) is 0.331. The van der Waals surface area contributed by atoms with Crippen LogP contribution in [0.2, 0.25) is 0 Å². The molecule has 0 saturated carbocycles. The van der Waals surface area contributed by atoms with E-state index < -0.39 is 11.9 Å². The summed E-state index contributed by atoms with van der Waals surface area (Å²) in [6, 6.07) is 33.5. The fourth-order valence-corrected chi connectivity index (χ4v) is 5.02. The minimum Gasteiger partial charge on any atom is -0.493 e. The fraction of sp³-hybridized carbons (Fsp3) is 0.162. The minimum atomic E-state index is -0.911. The molecule has 0 aliphatic carbocycles. The SMILES string of the molecule is C=C(CC(Cc1ccc(OCCc2nc(-c3ccccc3)oc2C)cc1)C(=O)O)c1ccccc1C(=O)c1ccccc1. The Hall–Kier alpha value is -5.23. The Morgan fingerprint density at radius 3 is 2.16 bits per heavy atom. The fourth-order valence-electron chi connectivity index (χ4n) is 5.02. The number of carbonyl (C=O) groups excluding carboxylic acids is 1. The Kier molecular flexibility index (Phi) is 9.27. The van der Waals surface area contributed by atoms with Crippen molar-refractivity contribution in [3.05, 3.63) is 149 Å². The number of ketones is 1. The van der Waals surface area contributed by atoms with Crippen molar-refractivity contribution in [2.75, 3.05) is 6.61 Å². The number of carbonyl (C=O) groups is 2. The van der Waals surface area contributed by atoms with Gasteiger partial charge in [0.15, 0.2) is 5.78 Å². The van der Waals surface area contributed by atoms with Crippen molar-refractivity contribution in [3.8, 4) is 17.2 Å². The molecule has 6 heteroatoms. The van der Waals surface area contributed by atoms with Crippen LogP contribution in [0.25, 0.3) is 17.0 Å². The highest BCUT2D eigenvalue weighted by molar-refractivity contribution is 6.11. The number of oxazole rings is 1. The highest BCUT2D eigenvalue weighted by Gasteiger charge is 2.22. The second-order valence-corrected chi connectivity index (χ2v) is 10.4. The second kappa shape index (κ2) is 13.6. The molecule has 0 aliphatic rings. The molecule has 1 unspecified atom stereocenters. The third kappa shape index (κ3) is 7.35. The van der Waals surface area contributed by atoms with E-state index in [1.54, 1.807) is 24.3 Å². The van der Waals surface area contributed by atoms with Crippen molar-refractivity contribution in [2.45, 2.75) is 26.2 Å². The van der Waals surface area contributed by atoms with Gasteiger partial charge in [-0.2, -0.15) is 0 Å². The average Bonchev–Trinajstić information content (AvgIpc) is 3.42. The summed E-state index contributed by atoms with van der Waals surface area (Å²) in [4.78, 5) is 30.0. The van der Waals surface area contributed by atoms with Gasteiger partial charge < -0.3 is 14.3 Å². The van der Waals surface area contributed by atoms with E-state index in [1.807, 2.05) is 91.9 Å². The molecule has 1 aromatic heterocycles. The van der Waals surface area contributed by atoms with E-state index in [0.29, 0.717) is 53.4 Å². The molecule has 0 radical (unpaired) electrons. The molecule has 43 heavy (non-hydrogen) atoms. The van der Waals surface area contributed by atoms with E-state index in [1.165, 1.54) is 0 Å². The van der Waals surface area contributed by atoms with Crippen LogP contribution in [0, 0.1) is 12.8 Å². The van der Waals surface area contributed by atoms with Crippen LogP contribution in [0.4, 0.5) is 0 Å². The summed E-state index contributed by atoms with van der Waals surface area (Å²) in [5, 5.41) is 10.0. The van der Waals surface area contributed by atoms with Crippen LogP contribution < -0.4 is 4.74 Å². The standard InChI is InChI=1S/C37H33NO5/c1-25(32-15-9-10-16-33(32)35(39)28-11-5-3-6-12-28)23-30(37(40)41)24-27-17-19-31(20-18-27)42-22-21-34-26(2)43-36(38-34)29-13-7-4-8-14-29/h3-20,30H,1,21-24H2,2H3,(H,40,41). The number of carboxylic acid groups (broad SMARTS) is 1. The molecule has 1 N–H and O–H groups in total. The number of nitrogens with zero attached hydrogens (tertiary/aromatic N) is 1. The largest absolute Gasteiger partial charge is 0.493 e. The van der Waals surface area contributed by atoms with Gasteiger partial charge >= 0.3 is 5.97 Å². The van der Waals surface area contributed by atoms with Crippen molar-refractivity contribution in [1.29, 1.82) is 0 Å². The first kappa shape index (κ1) is 29.3. The summed E-state index contributed by atoms with van der Waals surface area (Å²) in [5.41, 5.74) is 5.04. The maximum absolute atomic E-state index is 13.2. The summed E-state index contributed by atoms with van der Waals surface area (Å²) >= 11 is 0. The zero-order chi connectivity index (χ0) is 30.2. The molecule has 0 aliphatic heterocycles. The predicted octanol–water partition coefficient (Wildman–Crippen LogP) is 7.85. The number of benzene rings is 4. The van der Waals surface area contributed by atoms with Gasteiger partial charge in [0.1, 0.15) is 11.5 Å². The maximum Gasteiger partial charge on any atom is 0.307 e. The second-order valence-electron chi connectivity index (χ2n) is 10.4. The minimum absolute atomic E-state index is 0.116. The molecule has 0 spiro atoms. The Labute approximate surface area is 251 Å². The normalized spacial score (nSPS) is 11.6. The van der Waals surface area contributed by atoms with Crippen LogP contribution in [-0.4, -0.2) is 28.4 Å². The van der Waals surface area contributed by atoms with Crippen molar-refractivity contribution >= 4 is 17.3 Å². The van der Waals surface area contributed by atoms with Crippen LogP contribution >= 0.6 is 0 Å². The highest BCUT2D eigenvalue weighted by atomic mass is 16.5. The zero-order valence-electron chi connectivity index (χ0n) is 24.0. The van der Waals surface area contributed by atoms with Gasteiger partial charge in [-0.05, 0) is 60.7 Å². The Bertz CT molecular complexity index is 1710. The van der Waals surface area contributed by atoms with Crippen LogP contribution in [0.3, 0.4) is 0 Å². The summed E-state index contributed by atoms with van der Waals surface area (Å²) in [7, 11) is 0. The van der Waals surface area contributed by atoms with E-state index in [-0.39, 0.29) is 12.2 Å². The highest BCUT2D eigenvalue weighted by Crippen LogP contribution is 2.28. The summed E-state index contributed by atoms with van der Waals surface area (Å²) in [6.45, 7) is 6.51. The van der Waals surface area contributed by atoms with E-state index in [9.17, 15) is 14.7 Å². The topological polar surface area (TPSA) is 89.6 Å². The molecule has 0 bridgehead atoms. The first-order chi connectivity index (χ1) is 20.9. The monoisotopic (exact) mass is 571 g/mol. The molecule has 4 aromatic carbocycles. The molecule has 1 atom stereocenters. The zero-order valence-corrected chi connectivity index (χ0v) is 24.0. The molecule has 1 heterocycles. The van der Waals surface area contributed by atoms with Gasteiger partial charge in [-0.15, -0.1) is 0 Å². The van der Waals surface area contributed by atoms with Crippen molar-refractivity contribution < 1.29 is 23.8 Å². The van der Waals surface area contributed by atoms with Gasteiger partial charge in [0.25, 0.3) is 0 Å². The molecule has 0 amide bonds. The van der Waals surface area contributed by atoms with Gasteiger partial charge in [0.05, 0.1) is 18.2 Å². The number of aliphatic carboxylic acids is 1. The molecule has 5 aromatic rings. The number of ether oxygens (including phenoxy) is 1. The lowest BCUT2D eigenvalue weighted by Crippen LogP contribution is -2.17. The lowest BCUT2D eigenvalue weighted by molar-refractivity contribution is -0.141. The number of aromatic nitrogens is 1. The number of allylic oxidation sites excluding steroid dienone is 1. The molecular formula is C37H33NO5. The van der Waals surface area contributed by atoms with Gasteiger partial charge in [-0.25, -0.2) is 4.98 Å². The number of hydrogen-bond acceptors (Lipinski definition) is 5. The first-order valence-corrected chi connectivity index (χ1v) is 14.2. The van der Waals surface area contributed by atoms with Gasteiger partial charge in [-0.1, -0.05) is 91.5 Å². The van der Waals surface area contributed by atoms with Crippen LogP contribution in [-0.2, 0) is 17.6 Å². The van der Waals surface area contributed by atoms with Gasteiger partial charge in [0, 0.05) is 23.1 Å². The average molecular weight is 572 g/mol. The molecular weight excluding hydrogens is 538 g/mol. The molecule has 5 rings (SSSR count). The van der Waals surface area contributed by atoms with E-state index in [2.05, 4.69) is 11.6 Å². The molecule has 216 valence electrons. The summed E-state index contributed by atoms with van der Waals surface area (Å²) in [6.07, 6.45) is 1.14. The van der Waals surface area contributed by atoms with Crippen molar-refractivity contribution in [1.82, 2.24) is 4.98 Å². The third-order valence-corrected chi connectivity index (χ3v) is 7.36. The third-order valence-electron chi connectivity index (χ3n) is 7.36. The number of rotatable bonds is 13. The van der Waals surface area contributed by atoms with Gasteiger partial charge in [-0.3, -0.25) is 9.59 Å². The Morgan fingerprint density at radius 1 is 0.860 bits per heavy atom. The summed E-state index contributed by atoms with van der Waals surface area (Å²) < 4.78 is 11.8. The molecule has 6 nitrogen and oxygen atoms in total. The van der Waals surface area contributed by atoms with E-state index in [0.717, 1.165) is 22.6 Å². The number of carboxylic acids is 1. The van der Waals surface area contributed by atoms with Gasteiger partial charge in [0.2, 0.25) is 5.89 Å². The lowest BCUT2D eigenvalue weighted by atomic mass is 9.87. The van der Waals surface area contributed by atoms with Crippen LogP contribution in [0.15, 0.2) is 120 Å². The molecule has 0 fully saturated rings. The smallest absolute Gasteiger partial charge is 0.307 e. The Balaban J connectivity index is 1.18. The quantitative estimate of drug-likeness (QED) is 0.145. The van der Waals surface area contributed by atoms with Crippen LogP contribution in [0.1, 0.15) is 44.9 Å². The van der Waals surface area contributed by atoms with Crippen molar-refractivity contribution in [3.63, 3.8) is 0 Å². The van der Waals surface area contributed by atoms with Crippen LogP contribution in [0.5, 0.6) is 5.75 Å². The number of aryl methyl sites for hydroxylation is 1. The van der Waals surface area contributed by atoms with Crippen molar-refractivity contribution in [2.24, 2.45) is 5.92 Å². The number of hydrogen-bond donors (Lipinski definition) is 1. The lowest BCUT2D eigenvalue weighted by Gasteiger charge is -2.17. The first-order valence-electron chi connectivity index (χ1n) is 14.2.